The van der Waals surface area contributed by atoms with E-state index in [0.29, 0.717) is 5.92 Å². The van der Waals surface area contributed by atoms with Crippen molar-refractivity contribution in [1.29, 1.82) is 0 Å². The largest absolute Gasteiger partial charge is 0.497 e. The molecule has 0 saturated heterocycles. The monoisotopic (exact) mass is 304 g/mol. The van der Waals surface area contributed by atoms with Gasteiger partial charge in [0.05, 0.1) is 17.8 Å². The molecule has 114 valence electrons. The molecular formula is C17H24N2OS. The highest BCUT2D eigenvalue weighted by atomic mass is 32.1. The lowest BCUT2D eigenvalue weighted by atomic mass is 10.1. The quantitative estimate of drug-likeness (QED) is 0.847. The van der Waals surface area contributed by atoms with E-state index in [9.17, 15) is 0 Å². The van der Waals surface area contributed by atoms with Crippen molar-refractivity contribution in [2.24, 2.45) is 5.92 Å². The minimum Gasteiger partial charge on any atom is -0.497 e. The van der Waals surface area contributed by atoms with Crippen LogP contribution in [0.2, 0.25) is 0 Å². The van der Waals surface area contributed by atoms with Crippen LogP contribution in [0.1, 0.15) is 35.0 Å². The summed E-state index contributed by atoms with van der Waals surface area (Å²) in [7, 11) is 3.68. The molecule has 0 aliphatic carbocycles. The highest BCUT2D eigenvalue weighted by molar-refractivity contribution is 7.11. The van der Waals surface area contributed by atoms with Crippen molar-refractivity contribution in [2.45, 2.75) is 33.2 Å². The van der Waals surface area contributed by atoms with Gasteiger partial charge in [-0.05, 0) is 37.1 Å². The summed E-state index contributed by atoms with van der Waals surface area (Å²) in [5, 5.41) is 4.44. The summed E-state index contributed by atoms with van der Waals surface area (Å²) in [6.07, 6.45) is 1.94. The molecule has 1 aromatic carbocycles. The van der Waals surface area contributed by atoms with Gasteiger partial charge in [0, 0.05) is 17.8 Å². The number of thiazole rings is 1. The van der Waals surface area contributed by atoms with Crippen molar-refractivity contribution in [3.63, 3.8) is 0 Å². The first-order chi connectivity index (χ1) is 10.1. The Balaban J connectivity index is 2.14. The molecular weight excluding hydrogens is 280 g/mol. The molecule has 2 rings (SSSR count). The van der Waals surface area contributed by atoms with Crippen molar-refractivity contribution in [2.75, 3.05) is 14.2 Å². The van der Waals surface area contributed by atoms with Crippen molar-refractivity contribution >= 4 is 11.3 Å². The molecule has 3 nitrogen and oxygen atoms in total. The van der Waals surface area contributed by atoms with Gasteiger partial charge in [0.15, 0.2) is 0 Å². The second-order valence-corrected chi connectivity index (χ2v) is 6.80. The van der Waals surface area contributed by atoms with Gasteiger partial charge in [0.2, 0.25) is 0 Å². The first kappa shape index (κ1) is 16.0. The van der Waals surface area contributed by atoms with Crippen molar-refractivity contribution in [3.8, 4) is 5.75 Å². The van der Waals surface area contributed by atoms with Crippen LogP contribution in [0.25, 0.3) is 0 Å². The predicted octanol–water partition coefficient (Wildman–Crippen LogP) is 3.66. The molecule has 21 heavy (non-hydrogen) atoms. The zero-order valence-electron chi connectivity index (χ0n) is 13.3. The molecule has 0 fully saturated rings. The molecule has 2 aromatic rings. The first-order valence-corrected chi connectivity index (χ1v) is 8.19. The standard InChI is InChI=1S/C17H24N2OS/c1-12(2)9-15-16(11-18-3)21-17(19-15)10-13-5-7-14(20-4)8-6-13/h5-8,12,18H,9-11H2,1-4H3. The molecule has 0 aliphatic heterocycles. The smallest absolute Gasteiger partial charge is 0.118 e. The Bertz CT molecular complexity index is 561. The van der Waals surface area contributed by atoms with E-state index in [0.717, 1.165) is 25.1 Å². The minimum absolute atomic E-state index is 0.636. The van der Waals surface area contributed by atoms with Gasteiger partial charge in [-0.1, -0.05) is 26.0 Å². The average molecular weight is 304 g/mol. The lowest BCUT2D eigenvalue weighted by molar-refractivity contribution is 0.414. The van der Waals surface area contributed by atoms with E-state index in [2.05, 4.69) is 31.3 Å². The SMILES string of the molecule is CNCc1sc(Cc2ccc(OC)cc2)nc1CC(C)C. The molecule has 0 radical (unpaired) electrons. The number of ether oxygens (including phenoxy) is 1. The molecule has 1 N–H and O–H groups in total. The summed E-state index contributed by atoms with van der Waals surface area (Å²) in [5.74, 6) is 1.53. The van der Waals surface area contributed by atoms with Crippen LogP contribution in [0.5, 0.6) is 5.75 Å². The number of aromatic nitrogens is 1. The van der Waals surface area contributed by atoms with E-state index in [-0.39, 0.29) is 0 Å². The number of hydrogen-bond acceptors (Lipinski definition) is 4. The normalized spacial score (nSPS) is 11.1. The van der Waals surface area contributed by atoms with Crippen LogP contribution in [-0.2, 0) is 19.4 Å². The molecule has 0 spiro atoms. The first-order valence-electron chi connectivity index (χ1n) is 7.37. The lowest BCUT2D eigenvalue weighted by Crippen LogP contribution is -2.07. The molecule has 0 amide bonds. The van der Waals surface area contributed by atoms with Crippen LogP contribution in [0, 0.1) is 5.92 Å². The third-order valence-corrected chi connectivity index (χ3v) is 4.37. The molecule has 0 bridgehead atoms. The molecule has 4 heteroatoms. The molecule has 0 unspecified atom stereocenters. The number of benzene rings is 1. The van der Waals surface area contributed by atoms with E-state index in [1.807, 2.05) is 30.5 Å². The average Bonchev–Trinajstić information content (AvgIpc) is 2.81. The van der Waals surface area contributed by atoms with Gasteiger partial charge in [-0.2, -0.15) is 0 Å². The van der Waals surface area contributed by atoms with Crippen LogP contribution in [0.4, 0.5) is 0 Å². The predicted molar refractivity (Wildman–Crippen MR) is 89.2 cm³/mol. The number of hydrogen-bond donors (Lipinski definition) is 1. The Labute approximate surface area is 131 Å². The molecule has 0 saturated carbocycles. The summed E-state index contributed by atoms with van der Waals surface area (Å²) in [6, 6.07) is 8.24. The molecule has 1 aromatic heterocycles. The topological polar surface area (TPSA) is 34.1 Å². The molecule has 1 heterocycles. The van der Waals surface area contributed by atoms with Gasteiger partial charge in [-0.25, -0.2) is 4.98 Å². The van der Waals surface area contributed by atoms with Gasteiger partial charge < -0.3 is 10.1 Å². The highest BCUT2D eigenvalue weighted by Gasteiger charge is 2.12. The summed E-state index contributed by atoms with van der Waals surface area (Å²) in [6.45, 7) is 5.39. The molecule has 0 aliphatic rings. The maximum atomic E-state index is 5.20. The maximum absolute atomic E-state index is 5.20. The van der Waals surface area contributed by atoms with Gasteiger partial charge >= 0.3 is 0 Å². The number of nitrogens with one attached hydrogen (secondary N) is 1. The maximum Gasteiger partial charge on any atom is 0.118 e. The van der Waals surface area contributed by atoms with E-state index in [1.165, 1.54) is 21.1 Å². The lowest BCUT2D eigenvalue weighted by Gasteiger charge is -2.04. The number of nitrogens with zero attached hydrogens (tertiary/aromatic N) is 1. The van der Waals surface area contributed by atoms with Crippen LogP contribution in [0.15, 0.2) is 24.3 Å². The van der Waals surface area contributed by atoms with Crippen LogP contribution in [-0.4, -0.2) is 19.1 Å². The van der Waals surface area contributed by atoms with E-state index in [1.54, 1.807) is 7.11 Å². The summed E-state index contributed by atoms with van der Waals surface area (Å²) >= 11 is 1.83. The van der Waals surface area contributed by atoms with Crippen LogP contribution in [0.3, 0.4) is 0 Å². The van der Waals surface area contributed by atoms with Crippen molar-refractivity contribution in [3.05, 3.63) is 45.4 Å². The van der Waals surface area contributed by atoms with Crippen molar-refractivity contribution in [1.82, 2.24) is 10.3 Å². The van der Waals surface area contributed by atoms with Gasteiger partial charge in [0.25, 0.3) is 0 Å². The fourth-order valence-electron chi connectivity index (χ4n) is 2.28. The fourth-order valence-corrected chi connectivity index (χ4v) is 3.42. The Morgan fingerprint density at radius 2 is 1.95 bits per heavy atom. The summed E-state index contributed by atoms with van der Waals surface area (Å²) in [5.41, 5.74) is 2.53. The zero-order chi connectivity index (χ0) is 15.2. The minimum atomic E-state index is 0.636. The van der Waals surface area contributed by atoms with E-state index >= 15 is 0 Å². The summed E-state index contributed by atoms with van der Waals surface area (Å²) < 4.78 is 5.20. The highest BCUT2D eigenvalue weighted by Crippen LogP contribution is 2.24. The summed E-state index contributed by atoms with van der Waals surface area (Å²) in [4.78, 5) is 6.22. The van der Waals surface area contributed by atoms with Gasteiger partial charge in [-0.15, -0.1) is 11.3 Å². The molecule has 0 atom stereocenters. The van der Waals surface area contributed by atoms with Crippen LogP contribution < -0.4 is 10.1 Å². The Kier molecular flexibility index (Phi) is 5.76. The van der Waals surface area contributed by atoms with Crippen molar-refractivity contribution < 1.29 is 4.74 Å². The van der Waals surface area contributed by atoms with Crippen LogP contribution >= 0.6 is 11.3 Å². The Hall–Kier alpha value is -1.39. The Morgan fingerprint density at radius 3 is 2.52 bits per heavy atom. The van der Waals surface area contributed by atoms with Gasteiger partial charge in [0.1, 0.15) is 5.75 Å². The zero-order valence-corrected chi connectivity index (χ0v) is 14.1. The second kappa shape index (κ2) is 7.57. The Morgan fingerprint density at radius 1 is 1.24 bits per heavy atom. The number of rotatable bonds is 7. The third kappa shape index (κ3) is 4.55. The van der Waals surface area contributed by atoms with E-state index < -0.39 is 0 Å². The second-order valence-electron chi connectivity index (χ2n) is 5.63. The number of methoxy groups -OCH3 is 1. The van der Waals surface area contributed by atoms with Gasteiger partial charge in [-0.3, -0.25) is 0 Å². The fraction of sp³-hybridized carbons (Fsp3) is 0.471. The third-order valence-electron chi connectivity index (χ3n) is 3.28. The van der Waals surface area contributed by atoms with E-state index in [4.69, 9.17) is 9.72 Å².